The molecule has 0 unspecified atom stereocenters. The summed E-state index contributed by atoms with van der Waals surface area (Å²) in [5.41, 5.74) is -0.647. The Balaban J connectivity index is 2.22. The van der Waals surface area contributed by atoms with Gasteiger partial charge in [-0.3, -0.25) is 4.79 Å². The molecule has 9 heteroatoms. The summed E-state index contributed by atoms with van der Waals surface area (Å²) < 4.78 is 45.8. The van der Waals surface area contributed by atoms with Crippen LogP contribution in [0.5, 0.6) is 0 Å². The number of aliphatic carboxylic acids is 1. The average molecular weight is 359 g/mol. The van der Waals surface area contributed by atoms with Crippen LogP contribution < -0.4 is 4.72 Å². The molecule has 0 amide bonds. The lowest BCUT2D eigenvalue weighted by Crippen LogP contribution is -2.39. The van der Waals surface area contributed by atoms with E-state index in [2.05, 4.69) is 9.46 Å². The van der Waals surface area contributed by atoms with E-state index in [1.54, 1.807) is 0 Å². The highest BCUT2D eigenvalue weighted by molar-refractivity contribution is 7.89. The lowest BCUT2D eigenvalue weighted by Gasteiger charge is -2.26. The van der Waals surface area contributed by atoms with E-state index in [0.29, 0.717) is 25.7 Å². The number of nitrogens with one attached hydrogen (secondary N) is 1. The predicted octanol–water partition coefficient (Wildman–Crippen LogP) is 1.53. The first-order valence-electron chi connectivity index (χ1n) is 7.38. The molecule has 0 saturated heterocycles. The predicted molar refractivity (Wildman–Crippen MR) is 81.4 cm³/mol. The number of sulfonamides is 1. The molecule has 2 N–H and O–H groups in total. The van der Waals surface area contributed by atoms with E-state index in [-0.39, 0.29) is 0 Å². The number of carboxylic acid groups (broad SMARTS) is 1. The Hall–Kier alpha value is -2.00. The molecule has 0 bridgehead atoms. The standard InChI is InChI=1S/C15H18FNO6S/c1-23-15(20)13-11(16)3-2-4-12(13)24(21,22)17-10-7-5-9(6-8-10)14(18)19/h2-4,9-10,17H,5-8H2,1H3,(H,18,19). The van der Waals surface area contributed by atoms with Gasteiger partial charge < -0.3 is 9.84 Å². The molecule has 132 valence electrons. The van der Waals surface area contributed by atoms with Crippen LogP contribution in [0.2, 0.25) is 0 Å². The van der Waals surface area contributed by atoms with Gasteiger partial charge in [0.05, 0.1) is 17.9 Å². The molecule has 0 spiro atoms. The molecule has 1 aromatic carbocycles. The van der Waals surface area contributed by atoms with Gasteiger partial charge >= 0.3 is 11.9 Å². The van der Waals surface area contributed by atoms with Crippen LogP contribution in [0, 0.1) is 11.7 Å². The minimum absolute atomic E-state index is 0.357. The van der Waals surface area contributed by atoms with Crippen LogP contribution in [0.4, 0.5) is 4.39 Å². The van der Waals surface area contributed by atoms with Crippen molar-refractivity contribution in [2.24, 2.45) is 5.92 Å². The number of rotatable bonds is 5. The van der Waals surface area contributed by atoms with Gasteiger partial charge in [-0.15, -0.1) is 0 Å². The van der Waals surface area contributed by atoms with Crippen molar-refractivity contribution in [2.75, 3.05) is 7.11 Å². The third-order valence-corrected chi connectivity index (χ3v) is 5.62. The number of ether oxygens (including phenoxy) is 1. The summed E-state index contributed by atoms with van der Waals surface area (Å²) in [5, 5.41) is 8.96. The van der Waals surface area contributed by atoms with Crippen LogP contribution in [-0.2, 0) is 19.6 Å². The number of carboxylic acids is 1. The van der Waals surface area contributed by atoms with Crippen molar-refractivity contribution in [1.82, 2.24) is 4.72 Å². The van der Waals surface area contributed by atoms with Crippen molar-refractivity contribution in [3.63, 3.8) is 0 Å². The van der Waals surface area contributed by atoms with Gasteiger partial charge in [0.25, 0.3) is 0 Å². The first kappa shape index (κ1) is 18.3. The van der Waals surface area contributed by atoms with E-state index >= 15 is 0 Å². The maximum Gasteiger partial charge on any atom is 0.342 e. The number of esters is 1. The Morgan fingerprint density at radius 3 is 2.42 bits per heavy atom. The van der Waals surface area contributed by atoms with Gasteiger partial charge in [-0.25, -0.2) is 22.3 Å². The van der Waals surface area contributed by atoms with Gasteiger partial charge in [0.1, 0.15) is 11.4 Å². The van der Waals surface area contributed by atoms with Crippen molar-refractivity contribution in [1.29, 1.82) is 0 Å². The Morgan fingerprint density at radius 2 is 1.88 bits per heavy atom. The second-order valence-electron chi connectivity index (χ2n) is 5.61. The molecule has 0 heterocycles. The molecule has 24 heavy (non-hydrogen) atoms. The summed E-state index contributed by atoms with van der Waals surface area (Å²) in [4.78, 5) is 22.1. The largest absolute Gasteiger partial charge is 0.481 e. The zero-order valence-electron chi connectivity index (χ0n) is 13.0. The van der Waals surface area contributed by atoms with Gasteiger partial charge in [-0.2, -0.15) is 0 Å². The lowest BCUT2D eigenvalue weighted by atomic mass is 9.87. The highest BCUT2D eigenvalue weighted by Crippen LogP contribution is 2.27. The Morgan fingerprint density at radius 1 is 1.25 bits per heavy atom. The molecule has 1 fully saturated rings. The molecule has 0 aromatic heterocycles. The quantitative estimate of drug-likeness (QED) is 0.772. The normalized spacial score (nSPS) is 21.2. The number of methoxy groups -OCH3 is 1. The van der Waals surface area contributed by atoms with Crippen LogP contribution in [0.3, 0.4) is 0 Å². The zero-order chi connectivity index (χ0) is 17.9. The topological polar surface area (TPSA) is 110 Å². The van der Waals surface area contributed by atoms with E-state index < -0.39 is 50.2 Å². The summed E-state index contributed by atoms with van der Waals surface area (Å²) in [7, 11) is -3.11. The van der Waals surface area contributed by atoms with Crippen LogP contribution in [-0.4, -0.2) is 38.6 Å². The van der Waals surface area contributed by atoms with Crippen molar-refractivity contribution >= 4 is 22.0 Å². The SMILES string of the molecule is COC(=O)c1c(F)cccc1S(=O)(=O)NC1CCC(C(=O)O)CC1. The van der Waals surface area contributed by atoms with Gasteiger partial charge in [0.15, 0.2) is 0 Å². The molecule has 2 rings (SSSR count). The first-order valence-corrected chi connectivity index (χ1v) is 8.86. The number of carbonyl (C=O) groups excluding carboxylic acids is 1. The van der Waals surface area contributed by atoms with Crippen LogP contribution in [0.15, 0.2) is 23.1 Å². The molecular formula is C15H18FNO6S. The van der Waals surface area contributed by atoms with E-state index in [1.165, 1.54) is 6.07 Å². The van der Waals surface area contributed by atoms with Crippen molar-refractivity contribution in [3.05, 3.63) is 29.6 Å². The molecule has 1 saturated carbocycles. The monoisotopic (exact) mass is 359 g/mol. The van der Waals surface area contributed by atoms with E-state index in [0.717, 1.165) is 19.2 Å². The lowest BCUT2D eigenvalue weighted by molar-refractivity contribution is -0.142. The van der Waals surface area contributed by atoms with Crippen LogP contribution in [0.1, 0.15) is 36.0 Å². The van der Waals surface area contributed by atoms with Crippen molar-refractivity contribution in [3.8, 4) is 0 Å². The minimum Gasteiger partial charge on any atom is -0.481 e. The number of hydrogen-bond donors (Lipinski definition) is 2. The molecular weight excluding hydrogens is 341 g/mol. The van der Waals surface area contributed by atoms with Crippen molar-refractivity contribution in [2.45, 2.75) is 36.6 Å². The van der Waals surface area contributed by atoms with Gasteiger partial charge in [-0.1, -0.05) is 6.07 Å². The second-order valence-corrected chi connectivity index (χ2v) is 7.30. The third kappa shape index (κ3) is 3.90. The fourth-order valence-corrected chi connectivity index (χ4v) is 4.28. The van der Waals surface area contributed by atoms with Gasteiger partial charge in [0, 0.05) is 6.04 Å². The highest BCUT2D eigenvalue weighted by Gasteiger charge is 2.31. The number of halogens is 1. The summed E-state index contributed by atoms with van der Waals surface area (Å²) >= 11 is 0. The molecule has 7 nitrogen and oxygen atoms in total. The fourth-order valence-electron chi connectivity index (χ4n) is 2.77. The molecule has 1 aliphatic carbocycles. The second kappa shape index (κ2) is 7.27. The smallest absolute Gasteiger partial charge is 0.342 e. The first-order chi connectivity index (χ1) is 11.3. The van der Waals surface area contributed by atoms with Gasteiger partial charge in [-0.05, 0) is 37.8 Å². The number of carbonyl (C=O) groups is 2. The van der Waals surface area contributed by atoms with Crippen LogP contribution in [0.25, 0.3) is 0 Å². The number of benzene rings is 1. The summed E-state index contributed by atoms with van der Waals surface area (Å²) in [6, 6.07) is 2.83. The maximum atomic E-state index is 13.9. The zero-order valence-corrected chi connectivity index (χ0v) is 13.8. The molecule has 0 radical (unpaired) electrons. The molecule has 1 aromatic rings. The Labute approximate surface area is 138 Å². The molecule has 0 aliphatic heterocycles. The fraction of sp³-hybridized carbons (Fsp3) is 0.467. The third-order valence-electron chi connectivity index (χ3n) is 4.05. The maximum absolute atomic E-state index is 13.9. The van der Waals surface area contributed by atoms with Crippen molar-refractivity contribution < 1.29 is 32.2 Å². The van der Waals surface area contributed by atoms with E-state index in [4.69, 9.17) is 5.11 Å². The summed E-state index contributed by atoms with van der Waals surface area (Å²) in [6.45, 7) is 0. The highest BCUT2D eigenvalue weighted by atomic mass is 32.2. The van der Waals surface area contributed by atoms with Gasteiger partial charge in [0.2, 0.25) is 10.0 Å². The summed E-state index contributed by atoms with van der Waals surface area (Å²) in [5.74, 6) is -3.44. The molecule has 0 atom stereocenters. The van der Waals surface area contributed by atoms with E-state index in [9.17, 15) is 22.4 Å². The average Bonchev–Trinajstić information content (AvgIpc) is 2.54. The summed E-state index contributed by atoms with van der Waals surface area (Å²) in [6.07, 6.45) is 1.43. The molecule has 1 aliphatic rings. The number of hydrogen-bond acceptors (Lipinski definition) is 5. The Bertz CT molecular complexity index is 740. The van der Waals surface area contributed by atoms with Crippen LogP contribution >= 0.6 is 0 Å². The minimum atomic E-state index is -4.14. The Kier molecular flexibility index (Phi) is 5.55. The van der Waals surface area contributed by atoms with E-state index in [1.807, 2.05) is 0 Å².